The Bertz CT molecular complexity index is 826. The molecule has 2 aromatic rings. The van der Waals surface area contributed by atoms with Gasteiger partial charge in [0.25, 0.3) is 0 Å². The molecule has 0 saturated carbocycles. The molecular formula is C19H29IN6O3. The third kappa shape index (κ3) is 5.95. The Morgan fingerprint density at radius 2 is 2.21 bits per heavy atom. The van der Waals surface area contributed by atoms with Crippen LogP contribution in [0.1, 0.15) is 30.6 Å². The number of aromatic nitrogens is 3. The SMILES string of the molecule is CCNC(=NCc1cccc(OC)c1O)NC1CCc2nc(COC)nn2C1.I. The summed E-state index contributed by atoms with van der Waals surface area (Å²) in [7, 11) is 3.18. The fourth-order valence-electron chi connectivity index (χ4n) is 3.21. The van der Waals surface area contributed by atoms with Crippen molar-refractivity contribution in [1.29, 1.82) is 0 Å². The molecule has 160 valence electrons. The fraction of sp³-hybridized carbons (Fsp3) is 0.526. The van der Waals surface area contributed by atoms with Crippen LogP contribution in [0, 0.1) is 0 Å². The zero-order valence-corrected chi connectivity index (χ0v) is 19.3. The fourth-order valence-corrected chi connectivity index (χ4v) is 3.21. The third-order valence-electron chi connectivity index (χ3n) is 4.57. The highest BCUT2D eigenvalue weighted by molar-refractivity contribution is 14.0. The van der Waals surface area contributed by atoms with E-state index in [1.54, 1.807) is 13.2 Å². The Morgan fingerprint density at radius 3 is 2.93 bits per heavy atom. The van der Waals surface area contributed by atoms with Gasteiger partial charge < -0.3 is 25.2 Å². The third-order valence-corrected chi connectivity index (χ3v) is 4.57. The lowest BCUT2D eigenvalue weighted by atomic mass is 10.1. The summed E-state index contributed by atoms with van der Waals surface area (Å²) >= 11 is 0. The van der Waals surface area contributed by atoms with E-state index >= 15 is 0 Å². The second-order valence-corrected chi connectivity index (χ2v) is 6.60. The van der Waals surface area contributed by atoms with E-state index in [4.69, 9.17) is 9.47 Å². The summed E-state index contributed by atoms with van der Waals surface area (Å²) in [6.07, 6.45) is 1.80. The van der Waals surface area contributed by atoms with E-state index in [0.29, 0.717) is 36.2 Å². The topological polar surface area (TPSA) is 106 Å². The molecule has 1 aliphatic heterocycles. The molecule has 10 heteroatoms. The predicted molar refractivity (Wildman–Crippen MR) is 121 cm³/mol. The van der Waals surface area contributed by atoms with Gasteiger partial charge in [-0.25, -0.2) is 14.7 Å². The molecule has 0 fully saturated rings. The van der Waals surface area contributed by atoms with Crippen LogP contribution in [0.25, 0.3) is 0 Å². The van der Waals surface area contributed by atoms with Crippen molar-refractivity contribution in [3.05, 3.63) is 35.4 Å². The highest BCUT2D eigenvalue weighted by Crippen LogP contribution is 2.29. The molecule has 1 aliphatic rings. The minimum Gasteiger partial charge on any atom is -0.504 e. The van der Waals surface area contributed by atoms with E-state index in [1.807, 2.05) is 23.7 Å². The van der Waals surface area contributed by atoms with E-state index in [9.17, 15) is 5.11 Å². The second-order valence-electron chi connectivity index (χ2n) is 6.60. The number of rotatable bonds is 7. The Kier molecular flexibility index (Phi) is 8.96. The zero-order chi connectivity index (χ0) is 19.9. The Labute approximate surface area is 187 Å². The van der Waals surface area contributed by atoms with Crippen LogP contribution < -0.4 is 15.4 Å². The van der Waals surface area contributed by atoms with Crippen molar-refractivity contribution in [2.45, 2.75) is 45.5 Å². The molecule has 3 N–H and O–H groups in total. The first-order chi connectivity index (χ1) is 13.6. The molecule has 0 bridgehead atoms. The molecule has 1 unspecified atom stereocenters. The van der Waals surface area contributed by atoms with Gasteiger partial charge >= 0.3 is 0 Å². The van der Waals surface area contributed by atoms with Crippen molar-refractivity contribution in [3.63, 3.8) is 0 Å². The number of nitrogens with one attached hydrogen (secondary N) is 2. The minimum atomic E-state index is 0. The molecule has 0 amide bonds. The molecule has 0 spiro atoms. The summed E-state index contributed by atoms with van der Waals surface area (Å²) in [5.74, 6) is 2.99. The van der Waals surface area contributed by atoms with Crippen molar-refractivity contribution < 1.29 is 14.6 Å². The van der Waals surface area contributed by atoms with Crippen molar-refractivity contribution in [2.75, 3.05) is 20.8 Å². The van der Waals surface area contributed by atoms with Crippen LogP contribution in [0.3, 0.4) is 0 Å². The quantitative estimate of drug-likeness (QED) is 0.293. The Balaban J connectivity index is 0.00000300. The van der Waals surface area contributed by atoms with Crippen molar-refractivity contribution >= 4 is 29.9 Å². The first-order valence-electron chi connectivity index (χ1n) is 9.45. The van der Waals surface area contributed by atoms with E-state index in [-0.39, 0.29) is 35.8 Å². The molecule has 29 heavy (non-hydrogen) atoms. The van der Waals surface area contributed by atoms with Gasteiger partial charge in [0.05, 0.1) is 20.2 Å². The zero-order valence-electron chi connectivity index (χ0n) is 17.0. The molecule has 1 aromatic heterocycles. The van der Waals surface area contributed by atoms with Gasteiger partial charge in [-0.3, -0.25) is 0 Å². The van der Waals surface area contributed by atoms with Crippen molar-refractivity contribution in [3.8, 4) is 11.5 Å². The van der Waals surface area contributed by atoms with Gasteiger partial charge in [0.1, 0.15) is 12.4 Å². The molecule has 0 aliphatic carbocycles. The van der Waals surface area contributed by atoms with Crippen LogP contribution in [-0.2, 0) is 30.9 Å². The van der Waals surface area contributed by atoms with E-state index in [0.717, 1.165) is 31.8 Å². The number of guanidine groups is 1. The summed E-state index contributed by atoms with van der Waals surface area (Å²) in [5.41, 5.74) is 0.711. The number of fused-ring (bicyclic) bond motifs is 1. The lowest BCUT2D eigenvalue weighted by Gasteiger charge is -2.25. The molecule has 1 aromatic carbocycles. The smallest absolute Gasteiger partial charge is 0.191 e. The molecule has 2 heterocycles. The standard InChI is InChI=1S/C19H28N6O3.HI/c1-4-20-19(21-10-13-6-5-7-15(28-3)18(13)26)22-14-8-9-17-23-16(12-27-2)24-25(17)11-14;/h5-7,14,26H,4,8-12H2,1-3H3,(H2,20,21,22);1H. The molecule has 0 radical (unpaired) electrons. The molecule has 1 atom stereocenters. The number of aliphatic imine (C=N–C) groups is 1. The van der Waals surface area contributed by atoms with E-state index < -0.39 is 0 Å². The Hall–Kier alpha value is -2.08. The number of hydrogen-bond acceptors (Lipinski definition) is 6. The minimum absolute atomic E-state index is 0. The van der Waals surface area contributed by atoms with Crippen molar-refractivity contribution in [2.24, 2.45) is 4.99 Å². The second kappa shape index (κ2) is 11.2. The molecular weight excluding hydrogens is 487 g/mol. The number of methoxy groups -OCH3 is 2. The van der Waals surface area contributed by atoms with Crippen LogP contribution >= 0.6 is 24.0 Å². The lowest BCUT2D eigenvalue weighted by Crippen LogP contribution is -2.47. The van der Waals surface area contributed by atoms with Crippen LogP contribution in [0.5, 0.6) is 11.5 Å². The number of hydrogen-bond donors (Lipinski definition) is 3. The number of nitrogens with zero attached hydrogens (tertiary/aromatic N) is 4. The van der Waals surface area contributed by atoms with Gasteiger partial charge in [0, 0.05) is 31.7 Å². The van der Waals surface area contributed by atoms with Crippen LogP contribution in [-0.4, -0.2) is 52.6 Å². The maximum absolute atomic E-state index is 10.2. The van der Waals surface area contributed by atoms with Crippen LogP contribution in [0.15, 0.2) is 23.2 Å². The summed E-state index contributed by atoms with van der Waals surface area (Å²) in [6, 6.07) is 5.60. The maximum atomic E-state index is 10.2. The number of phenolic OH excluding ortho intramolecular Hbond substituents is 1. The molecule has 3 rings (SSSR count). The average molecular weight is 516 g/mol. The number of phenols is 1. The number of benzene rings is 1. The van der Waals surface area contributed by atoms with Gasteiger partial charge in [0.2, 0.25) is 0 Å². The first-order valence-corrected chi connectivity index (χ1v) is 9.45. The summed E-state index contributed by atoms with van der Waals surface area (Å²) in [6.45, 7) is 4.26. The number of para-hydroxylation sites is 1. The van der Waals surface area contributed by atoms with Gasteiger partial charge in [-0.05, 0) is 19.4 Å². The normalized spacial score (nSPS) is 16.0. The summed E-state index contributed by atoms with van der Waals surface area (Å²) < 4.78 is 12.2. The lowest BCUT2D eigenvalue weighted by molar-refractivity contribution is 0.177. The van der Waals surface area contributed by atoms with Gasteiger partial charge in [-0.2, -0.15) is 5.10 Å². The first kappa shape index (κ1) is 23.2. The average Bonchev–Trinajstić information content (AvgIpc) is 3.09. The summed E-state index contributed by atoms with van der Waals surface area (Å²) in [4.78, 5) is 9.12. The largest absolute Gasteiger partial charge is 0.504 e. The van der Waals surface area contributed by atoms with Crippen LogP contribution in [0.2, 0.25) is 0 Å². The summed E-state index contributed by atoms with van der Waals surface area (Å²) in [5, 5.41) is 21.5. The monoisotopic (exact) mass is 516 g/mol. The molecule has 0 saturated heterocycles. The van der Waals surface area contributed by atoms with Crippen LogP contribution in [0.4, 0.5) is 0 Å². The van der Waals surface area contributed by atoms with Gasteiger partial charge in [-0.15, -0.1) is 24.0 Å². The van der Waals surface area contributed by atoms with E-state index in [1.165, 1.54) is 7.11 Å². The molecule has 9 nitrogen and oxygen atoms in total. The highest BCUT2D eigenvalue weighted by atomic mass is 127. The number of ether oxygens (including phenoxy) is 2. The van der Waals surface area contributed by atoms with Gasteiger partial charge in [-0.1, -0.05) is 12.1 Å². The highest BCUT2D eigenvalue weighted by Gasteiger charge is 2.22. The Morgan fingerprint density at radius 1 is 1.38 bits per heavy atom. The van der Waals surface area contributed by atoms with Crippen molar-refractivity contribution in [1.82, 2.24) is 25.4 Å². The van der Waals surface area contributed by atoms with E-state index in [2.05, 4.69) is 25.7 Å². The number of aromatic hydroxyl groups is 1. The maximum Gasteiger partial charge on any atom is 0.191 e. The van der Waals surface area contributed by atoms with Gasteiger partial charge in [0.15, 0.2) is 23.3 Å². The number of aryl methyl sites for hydroxylation is 1. The number of halogens is 1. The predicted octanol–water partition coefficient (Wildman–Crippen LogP) is 1.83.